The lowest BCUT2D eigenvalue weighted by Crippen LogP contribution is -2.24. The first-order valence-electron chi connectivity index (χ1n) is 8.26. The second-order valence-corrected chi connectivity index (χ2v) is 6.41. The molecule has 0 bridgehead atoms. The van der Waals surface area contributed by atoms with E-state index in [4.69, 9.17) is 0 Å². The maximum atomic E-state index is 12.5. The molecular weight excluding hydrogens is 312 g/mol. The van der Waals surface area contributed by atoms with Gasteiger partial charge in [-0.1, -0.05) is 48.5 Å². The molecule has 0 saturated heterocycles. The monoisotopic (exact) mass is 334 g/mol. The van der Waals surface area contributed by atoms with Gasteiger partial charge in [-0.05, 0) is 48.1 Å². The minimum Gasteiger partial charge on any atom is -0.507 e. The fourth-order valence-corrected chi connectivity index (χ4v) is 2.91. The highest BCUT2D eigenvalue weighted by molar-refractivity contribution is 6.01. The molecule has 1 amide bonds. The summed E-state index contributed by atoms with van der Waals surface area (Å²) in [7, 11) is 4.03. The van der Waals surface area contributed by atoms with Crippen molar-refractivity contribution in [3.63, 3.8) is 0 Å². The molecule has 0 aliphatic rings. The molecule has 3 aromatic carbocycles. The Hall–Kier alpha value is -2.85. The van der Waals surface area contributed by atoms with Crippen LogP contribution >= 0.6 is 0 Å². The van der Waals surface area contributed by atoms with E-state index < -0.39 is 0 Å². The van der Waals surface area contributed by atoms with Crippen molar-refractivity contribution in [2.24, 2.45) is 0 Å². The summed E-state index contributed by atoms with van der Waals surface area (Å²) >= 11 is 0. The Balaban J connectivity index is 1.78. The summed E-state index contributed by atoms with van der Waals surface area (Å²) in [4.78, 5) is 14.6. The second kappa shape index (κ2) is 7.36. The molecule has 4 nitrogen and oxygen atoms in total. The van der Waals surface area contributed by atoms with Crippen LogP contribution in [0.4, 0.5) is 0 Å². The quantitative estimate of drug-likeness (QED) is 0.750. The van der Waals surface area contributed by atoms with Crippen LogP contribution in [0.1, 0.15) is 21.5 Å². The van der Waals surface area contributed by atoms with E-state index in [1.54, 1.807) is 12.1 Å². The van der Waals surface area contributed by atoms with Gasteiger partial charge in [0, 0.05) is 13.1 Å². The van der Waals surface area contributed by atoms with Crippen molar-refractivity contribution in [1.82, 2.24) is 10.2 Å². The topological polar surface area (TPSA) is 52.6 Å². The molecular formula is C21H22N2O2. The normalized spacial score (nSPS) is 11.0. The number of nitrogens with one attached hydrogen (secondary N) is 1. The Morgan fingerprint density at radius 2 is 1.56 bits per heavy atom. The molecule has 0 radical (unpaired) electrons. The lowest BCUT2D eigenvalue weighted by molar-refractivity contribution is 0.0948. The third-order valence-corrected chi connectivity index (χ3v) is 4.15. The van der Waals surface area contributed by atoms with Crippen molar-refractivity contribution < 1.29 is 9.90 Å². The van der Waals surface area contributed by atoms with Gasteiger partial charge >= 0.3 is 0 Å². The molecule has 2 N–H and O–H groups in total. The molecule has 0 saturated carbocycles. The van der Waals surface area contributed by atoms with E-state index in [0.29, 0.717) is 12.1 Å². The van der Waals surface area contributed by atoms with E-state index in [-0.39, 0.29) is 11.7 Å². The molecule has 0 aliphatic heterocycles. The number of aromatic hydroxyl groups is 1. The van der Waals surface area contributed by atoms with E-state index in [2.05, 4.69) is 16.3 Å². The summed E-state index contributed by atoms with van der Waals surface area (Å²) in [6, 6.07) is 19.1. The number of phenols is 1. The van der Waals surface area contributed by atoms with Gasteiger partial charge in [0.15, 0.2) is 0 Å². The smallest absolute Gasteiger partial charge is 0.255 e. The molecule has 0 unspecified atom stereocenters. The molecule has 0 heterocycles. The number of carbonyl (C=O) groups is 1. The van der Waals surface area contributed by atoms with Crippen molar-refractivity contribution in [1.29, 1.82) is 0 Å². The number of amides is 1. The standard InChI is InChI=1S/C21H22N2O2/c1-23(2)14-18-10-6-5-9-17(18)13-22-21(25)19-11-15-7-3-4-8-16(15)12-20(19)24/h3-12,24H,13-14H2,1-2H3,(H,22,25). The molecule has 3 aromatic rings. The number of rotatable bonds is 5. The fourth-order valence-electron chi connectivity index (χ4n) is 2.91. The first-order chi connectivity index (χ1) is 12.0. The van der Waals surface area contributed by atoms with Gasteiger partial charge in [-0.25, -0.2) is 0 Å². The molecule has 0 fully saturated rings. The third kappa shape index (κ3) is 3.98. The number of hydrogen-bond acceptors (Lipinski definition) is 3. The van der Waals surface area contributed by atoms with Gasteiger partial charge in [-0.3, -0.25) is 4.79 Å². The molecule has 4 heteroatoms. The van der Waals surface area contributed by atoms with Gasteiger partial charge in [-0.15, -0.1) is 0 Å². The van der Waals surface area contributed by atoms with Crippen molar-refractivity contribution in [2.45, 2.75) is 13.1 Å². The predicted molar refractivity (Wildman–Crippen MR) is 101 cm³/mol. The predicted octanol–water partition coefficient (Wildman–Crippen LogP) is 3.54. The molecule has 128 valence electrons. The number of nitrogens with zero attached hydrogens (tertiary/aromatic N) is 1. The molecule has 3 rings (SSSR count). The minimum absolute atomic E-state index is 0.00206. The van der Waals surface area contributed by atoms with Crippen LogP contribution in [-0.2, 0) is 13.1 Å². The summed E-state index contributed by atoms with van der Waals surface area (Å²) in [6.45, 7) is 1.24. The summed E-state index contributed by atoms with van der Waals surface area (Å²) in [6.07, 6.45) is 0. The number of hydrogen-bond donors (Lipinski definition) is 2. The minimum atomic E-state index is -0.275. The SMILES string of the molecule is CN(C)Cc1ccccc1CNC(=O)c1cc2ccccc2cc1O. The fraction of sp³-hybridized carbons (Fsp3) is 0.190. The van der Waals surface area contributed by atoms with E-state index >= 15 is 0 Å². The zero-order valence-corrected chi connectivity index (χ0v) is 14.5. The van der Waals surface area contributed by atoms with E-state index in [9.17, 15) is 9.90 Å². The van der Waals surface area contributed by atoms with Crippen LogP contribution in [-0.4, -0.2) is 30.0 Å². The van der Waals surface area contributed by atoms with Gasteiger partial charge in [0.2, 0.25) is 0 Å². The van der Waals surface area contributed by atoms with Gasteiger partial charge in [0.1, 0.15) is 5.75 Å². The zero-order valence-electron chi connectivity index (χ0n) is 14.5. The maximum Gasteiger partial charge on any atom is 0.255 e. The van der Waals surface area contributed by atoms with Crippen LogP contribution < -0.4 is 5.32 Å². The Kier molecular flexibility index (Phi) is 5.00. The van der Waals surface area contributed by atoms with Crippen LogP contribution in [0.5, 0.6) is 5.75 Å². The van der Waals surface area contributed by atoms with Crippen LogP contribution in [0.25, 0.3) is 10.8 Å². The Labute approximate surface area is 147 Å². The third-order valence-electron chi connectivity index (χ3n) is 4.15. The van der Waals surface area contributed by atoms with Crippen LogP contribution in [0.15, 0.2) is 60.7 Å². The van der Waals surface area contributed by atoms with Crippen molar-refractivity contribution in [3.8, 4) is 5.75 Å². The Bertz CT molecular complexity index is 903. The van der Waals surface area contributed by atoms with Crippen molar-refractivity contribution >= 4 is 16.7 Å². The van der Waals surface area contributed by atoms with Crippen LogP contribution in [0, 0.1) is 0 Å². The highest BCUT2D eigenvalue weighted by Gasteiger charge is 2.13. The Morgan fingerprint density at radius 3 is 2.24 bits per heavy atom. The van der Waals surface area contributed by atoms with Gasteiger partial charge < -0.3 is 15.3 Å². The summed E-state index contributed by atoms with van der Waals surface area (Å²) in [5, 5.41) is 14.9. The number of benzene rings is 3. The summed E-state index contributed by atoms with van der Waals surface area (Å²) in [5.74, 6) is -0.277. The van der Waals surface area contributed by atoms with E-state index in [0.717, 1.165) is 22.9 Å². The highest BCUT2D eigenvalue weighted by atomic mass is 16.3. The second-order valence-electron chi connectivity index (χ2n) is 6.41. The van der Waals surface area contributed by atoms with Crippen LogP contribution in [0.3, 0.4) is 0 Å². The molecule has 25 heavy (non-hydrogen) atoms. The largest absolute Gasteiger partial charge is 0.507 e. The number of phenolic OH excluding ortho intramolecular Hbond substituents is 1. The van der Waals surface area contributed by atoms with Crippen LogP contribution in [0.2, 0.25) is 0 Å². The van der Waals surface area contributed by atoms with Crippen molar-refractivity contribution in [3.05, 3.63) is 77.4 Å². The average molecular weight is 334 g/mol. The number of fused-ring (bicyclic) bond motifs is 1. The van der Waals surface area contributed by atoms with Gasteiger partial charge in [-0.2, -0.15) is 0 Å². The molecule has 0 atom stereocenters. The number of carbonyl (C=O) groups excluding carboxylic acids is 1. The Morgan fingerprint density at radius 1 is 0.960 bits per heavy atom. The molecule has 0 aromatic heterocycles. The van der Waals surface area contributed by atoms with Gasteiger partial charge in [0.25, 0.3) is 5.91 Å². The van der Waals surface area contributed by atoms with E-state index in [1.807, 2.05) is 56.6 Å². The lowest BCUT2D eigenvalue weighted by atomic mass is 10.0. The summed E-state index contributed by atoms with van der Waals surface area (Å²) < 4.78 is 0. The molecule has 0 spiro atoms. The highest BCUT2D eigenvalue weighted by Crippen LogP contribution is 2.25. The van der Waals surface area contributed by atoms with Crippen molar-refractivity contribution in [2.75, 3.05) is 14.1 Å². The first kappa shape index (κ1) is 17.0. The van der Waals surface area contributed by atoms with Gasteiger partial charge in [0.05, 0.1) is 5.56 Å². The zero-order chi connectivity index (χ0) is 17.8. The maximum absolute atomic E-state index is 12.5. The van der Waals surface area contributed by atoms with E-state index in [1.165, 1.54) is 5.56 Å². The average Bonchev–Trinajstić information content (AvgIpc) is 2.59. The first-order valence-corrected chi connectivity index (χ1v) is 8.26. The lowest BCUT2D eigenvalue weighted by Gasteiger charge is -2.15. The molecule has 0 aliphatic carbocycles. The summed E-state index contributed by atoms with van der Waals surface area (Å²) in [5.41, 5.74) is 2.55.